The molecule has 2 atom stereocenters. The fraction of sp³-hybridized carbons (Fsp3) is 0.500. The average Bonchev–Trinajstić information content (AvgIpc) is 2.17. The van der Waals surface area contributed by atoms with Gasteiger partial charge >= 0.3 is 0 Å². The molecule has 0 fully saturated rings. The summed E-state index contributed by atoms with van der Waals surface area (Å²) >= 11 is 6.01. The van der Waals surface area contributed by atoms with Crippen LogP contribution in [0.25, 0.3) is 0 Å². The summed E-state index contributed by atoms with van der Waals surface area (Å²) in [6.07, 6.45) is 2.24. The third kappa shape index (κ3) is 1.79. The van der Waals surface area contributed by atoms with E-state index in [1.807, 2.05) is 6.07 Å². The van der Waals surface area contributed by atoms with Gasteiger partial charge in [0.25, 0.3) is 0 Å². The highest BCUT2D eigenvalue weighted by atomic mass is 35.5. The SMILES string of the molecule is CCC1NC(C)Cc2ccc(Cl)cc21. The van der Waals surface area contributed by atoms with Crippen molar-refractivity contribution in [2.45, 2.75) is 38.8 Å². The monoisotopic (exact) mass is 209 g/mol. The molecule has 2 rings (SSSR count). The Morgan fingerprint density at radius 3 is 3.00 bits per heavy atom. The number of hydrogen-bond donors (Lipinski definition) is 1. The van der Waals surface area contributed by atoms with Gasteiger partial charge in [0.1, 0.15) is 0 Å². The molecule has 2 heteroatoms. The second kappa shape index (κ2) is 3.92. The van der Waals surface area contributed by atoms with Crippen LogP contribution < -0.4 is 5.32 Å². The van der Waals surface area contributed by atoms with Gasteiger partial charge in [-0.05, 0) is 43.0 Å². The van der Waals surface area contributed by atoms with Crippen LogP contribution in [0.4, 0.5) is 0 Å². The molecule has 0 spiro atoms. The van der Waals surface area contributed by atoms with Crippen molar-refractivity contribution in [3.05, 3.63) is 34.3 Å². The van der Waals surface area contributed by atoms with Crippen LogP contribution in [0.15, 0.2) is 18.2 Å². The lowest BCUT2D eigenvalue weighted by atomic mass is 9.90. The summed E-state index contributed by atoms with van der Waals surface area (Å²) in [4.78, 5) is 0. The van der Waals surface area contributed by atoms with E-state index in [1.165, 1.54) is 11.1 Å². The van der Waals surface area contributed by atoms with Crippen molar-refractivity contribution in [3.63, 3.8) is 0 Å². The normalized spacial score (nSPS) is 25.9. The van der Waals surface area contributed by atoms with Crippen LogP contribution in [0.5, 0.6) is 0 Å². The largest absolute Gasteiger partial charge is 0.307 e. The maximum atomic E-state index is 6.01. The Labute approximate surface area is 90.5 Å². The average molecular weight is 210 g/mol. The van der Waals surface area contributed by atoms with E-state index >= 15 is 0 Å². The van der Waals surface area contributed by atoms with Gasteiger partial charge in [-0.15, -0.1) is 0 Å². The number of halogens is 1. The summed E-state index contributed by atoms with van der Waals surface area (Å²) in [6, 6.07) is 7.31. The molecule has 0 saturated carbocycles. The highest BCUT2D eigenvalue weighted by Crippen LogP contribution is 2.29. The molecule has 14 heavy (non-hydrogen) atoms. The Morgan fingerprint density at radius 1 is 1.50 bits per heavy atom. The third-order valence-corrected chi connectivity index (χ3v) is 3.14. The number of hydrogen-bond acceptors (Lipinski definition) is 1. The lowest BCUT2D eigenvalue weighted by Crippen LogP contribution is -2.37. The molecule has 1 aliphatic rings. The summed E-state index contributed by atoms with van der Waals surface area (Å²) in [5.74, 6) is 0. The minimum atomic E-state index is 0.479. The van der Waals surface area contributed by atoms with Crippen molar-refractivity contribution in [2.24, 2.45) is 0 Å². The molecule has 1 heterocycles. The molecule has 1 N–H and O–H groups in total. The summed E-state index contributed by atoms with van der Waals surface area (Å²) < 4.78 is 0. The number of nitrogens with one attached hydrogen (secondary N) is 1. The van der Waals surface area contributed by atoms with Crippen LogP contribution in [-0.2, 0) is 6.42 Å². The first-order valence-electron chi connectivity index (χ1n) is 5.25. The molecular weight excluding hydrogens is 194 g/mol. The molecule has 76 valence electrons. The zero-order valence-corrected chi connectivity index (χ0v) is 9.43. The third-order valence-electron chi connectivity index (χ3n) is 2.90. The molecule has 0 amide bonds. The fourth-order valence-corrected chi connectivity index (χ4v) is 2.42. The van der Waals surface area contributed by atoms with Gasteiger partial charge < -0.3 is 5.32 Å². The maximum Gasteiger partial charge on any atom is 0.0409 e. The van der Waals surface area contributed by atoms with E-state index in [4.69, 9.17) is 11.6 Å². The molecule has 0 aliphatic carbocycles. The molecule has 0 aromatic heterocycles. The molecule has 0 bridgehead atoms. The van der Waals surface area contributed by atoms with Crippen molar-refractivity contribution in [2.75, 3.05) is 0 Å². The van der Waals surface area contributed by atoms with E-state index in [0.29, 0.717) is 12.1 Å². The first kappa shape index (κ1) is 10.0. The Balaban J connectivity index is 2.41. The van der Waals surface area contributed by atoms with Gasteiger partial charge in [0, 0.05) is 17.1 Å². The van der Waals surface area contributed by atoms with E-state index in [2.05, 4.69) is 31.3 Å². The summed E-state index contributed by atoms with van der Waals surface area (Å²) in [5.41, 5.74) is 2.84. The minimum absolute atomic E-state index is 0.479. The standard InChI is InChI=1S/C12H16ClN/c1-3-12-11-7-10(13)5-4-9(11)6-8(2)14-12/h4-5,7-8,12,14H,3,6H2,1-2H3. The van der Waals surface area contributed by atoms with E-state index < -0.39 is 0 Å². The fourth-order valence-electron chi connectivity index (χ4n) is 2.24. The van der Waals surface area contributed by atoms with E-state index in [-0.39, 0.29) is 0 Å². The van der Waals surface area contributed by atoms with Gasteiger partial charge in [-0.1, -0.05) is 24.6 Å². The molecule has 1 aromatic rings. The molecule has 0 saturated heterocycles. The van der Waals surface area contributed by atoms with Gasteiger partial charge in [0.05, 0.1) is 0 Å². The van der Waals surface area contributed by atoms with Crippen molar-refractivity contribution in [1.29, 1.82) is 0 Å². The minimum Gasteiger partial charge on any atom is -0.307 e. The van der Waals surface area contributed by atoms with E-state index in [0.717, 1.165) is 17.9 Å². The zero-order valence-electron chi connectivity index (χ0n) is 8.68. The summed E-state index contributed by atoms with van der Waals surface area (Å²) in [5, 5.41) is 4.44. The summed E-state index contributed by atoms with van der Waals surface area (Å²) in [7, 11) is 0. The number of rotatable bonds is 1. The smallest absolute Gasteiger partial charge is 0.0409 e. The van der Waals surface area contributed by atoms with Gasteiger partial charge in [0.2, 0.25) is 0 Å². The maximum absolute atomic E-state index is 6.01. The number of benzene rings is 1. The van der Waals surface area contributed by atoms with Crippen LogP contribution in [0.2, 0.25) is 5.02 Å². The second-order valence-electron chi connectivity index (χ2n) is 4.08. The Hall–Kier alpha value is -0.530. The Kier molecular flexibility index (Phi) is 2.80. The zero-order chi connectivity index (χ0) is 10.1. The molecule has 0 radical (unpaired) electrons. The quantitative estimate of drug-likeness (QED) is 0.748. The summed E-state index contributed by atoms with van der Waals surface area (Å²) in [6.45, 7) is 4.45. The van der Waals surface area contributed by atoms with Crippen molar-refractivity contribution in [1.82, 2.24) is 5.32 Å². The first-order valence-corrected chi connectivity index (χ1v) is 5.63. The van der Waals surface area contributed by atoms with Crippen molar-refractivity contribution >= 4 is 11.6 Å². The van der Waals surface area contributed by atoms with Gasteiger partial charge in [-0.2, -0.15) is 0 Å². The van der Waals surface area contributed by atoms with E-state index in [1.54, 1.807) is 0 Å². The van der Waals surface area contributed by atoms with Crippen LogP contribution in [0.1, 0.15) is 37.4 Å². The van der Waals surface area contributed by atoms with E-state index in [9.17, 15) is 0 Å². The van der Waals surface area contributed by atoms with Gasteiger partial charge in [0.15, 0.2) is 0 Å². The molecule has 1 nitrogen and oxygen atoms in total. The second-order valence-corrected chi connectivity index (χ2v) is 4.51. The van der Waals surface area contributed by atoms with Crippen LogP contribution >= 0.6 is 11.6 Å². The van der Waals surface area contributed by atoms with Crippen LogP contribution in [-0.4, -0.2) is 6.04 Å². The molecule has 1 aliphatic heterocycles. The highest BCUT2D eigenvalue weighted by molar-refractivity contribution is 6.30. The Morgan fingerprint density at radius 2 is 2.29 bits per heavy atom. The lowest BCUT2D eigenvalue weighted by Gasteiger charge is -2.31. The topological polar surface area (TPSA) is 12.0 Å². The molecule has 1 aromatic carbocycles. The van der Waals surface area contributed by atoms with Gasteiger partial charge in [-0.3, -0.25) is 0 Å². The Bertz CT molecular complexity index is 335. The number of fused-ring (bicyclic) bond motifs is 1. The van der Waals surface area contributed by atoms with Gasteiger partial charge in [-0.25, -0.2) is 0 Å². The molecule has 2 unspecified atom stereocenters. The molecular formula is C12H16ClN. The van der Waals surface area contributed by atoms with Crippen molar-refractivity contribution in [3.8, 4) is 0 Å². The highest BCUT2D eigenvalue weighted by Gasteiger charge is 2.22. The van der Waals surface area contributed by atoms with Crippen LogP contribution in [0, 0.1) is 0 Å². The van der Waals surface area contributed by atoms with Crippen LogP contribution in [0.3, 0.4) is 0 Å². The predicted octanol–water partition coefficient (Wildman–Crippen LogP) is 3.33. The van der Waals surface area contributed by atoms with Crippen molar-refractivity contribution < 1.29 is 0 Å². The predicted molar refractivity (Wildman–Crippen MR) is 60.8 cm³/mol. The lowest BCUT2D eigenvalue weighted by molar-refractivity contribution is 0.414. The first-order chi connectivity index (χ1) is 6.70.